The molecule has 1 fully saturated rings. The maximum Gasteiger partial charge on any atom is 0.417 e. The van der Waals surface area contributed by atoms with Gasteiger partial charge in [-0.2, -0.15) is 13.2 Å². The third kappa shape index (κ3) is 2.69. The number of aliphatic hydroxyl groups is 1. The maximum absolute atomic E-state index is 12.9. The van der Waals surface area contributed by atoms with Crippen LogP contribution in [0.4, 0.5) is 13.2 Å². The van der Waals surface area contributed by atoms with E-state index in [1.807, 2.05) is 12.1 Å². The Morgan fingerprint density at radius 2 is 1.81 bits per heavy atom. The molecule has 1 aromatic carbocycles. The van der Waals surface area contributed by atoms with E-state index in [9.17, 15) is 18.3 Å². The number of hydrogen-bond donors (Lipinski definition) is 1. The first kappa shape index (κ1) is 14.9. The fourth-order valence-electron chi connectivity index (χ4n) is 3.60. The SMILES string of the molecule is OC1(C(F)(F)F)CCN(C2CCCc3ccccc32)CC1. The number of benzene rings is 1. The summed E-state index contributed by atoms with van der Waals surface area (Å²) in [5.74, 6) is 0. The second-order valence-electron chi connectivity index (χ2n) is 6.17. The van der Waals surface area contributed by atoms with Crippen molar-refractivity contribution in [3.8, 4) is 0 Å². The molecule has 0 bridgehead atoms. The molecule has 3 rings (SSSR count). The van der Waals surface area contributed by atoms with Crippen molar-refractivity contribution < 1.29 is 18.3 Å². The van der Waals surface area contributed by atoms with E-state index in [1.54, 1.807) is 0 Å². The molecule has 0 amide bonds. The molecule has 1 unspecified atom stereocenters. The molecule has 0 aromatic heterocycles. The summed E-state index contributed by atoms with van der Waals surface area (Å²) in [6, 6.07) is 8.40. The van der Waals surface area contributed by atoms with Gasteiger partial charge in [0.2, 0.25) is 0 Å². The van der Waals surface area contributed by atoms with E-state index in [0.717, 1.165) is 19.3 Å². The zero-order chi connectivity index (χ0) is 15.1. The summed E-state index contributed by atoms with van der Waals surface area (Å²) in [5.41, 5.74) is 0.0594. The first-order chi connectivity index (χ1) is 9.91. The Bertz CT molecular complexity index is 506. The van der Waals surface area contributed by atoms with Crippen LogP contribution in [0.2, 0.25) is 0 Å². The molecule has 1 saturated heterocycles. The highest BCUT2D eigenvalue weighted by atomic mass is 19.4. The van der Waals surface area contributed by atoms with Crippen molar-refractivity contribution in [3.05, 3.63) is 35.4 Å². The van der Waals surface area contributed by atoms with Crippen LogP contribution in [0.15, 0.2) is 24.3 Å². The van der Waals surface area contributed by atoms with Crippen LogP contribution in [0, 0.1) is 0 Å². The molecule has 1 aliphatic heterocycles. The fourth-order valence-corrected chi connectivity index (χ4v) is 3.60. The van der Waals surface area contributed by atoms with Crippen LogP contribution in [-0.4, -0.2) is 34.9 Å². The molecule has 1 atom stereocenters. The minimum absolute atomic E-state index is 0.202. The molecule has 2 nitrogen and oxygen atoms in total. The smallest absolute Gasteiger partial charge is 0.380 e. The number of rotatable bonds is 1. The Morgan fingerprint density at radius 3 is 2.48 bits per heavy atom. The lowest BCUT2D eigenvalue weighted by molar-refractivity contribution is -0.273. The Balaban J connectivity index is 1.74. The van der Waals surface area contributed by atoms with E-state index in [4.69, 9.17) is 0 Å². The third-order valence-corrected chi connectivity index (χ3v) is 4.93. The van der Waals surface area contributed by atoms with Crippen LogP contribution >= 0.6 is 0 Å². The molecule has 1 N–H and O–H groups in total. The minimum atomic E-state index is -4.52. The molecule has 0 radical (unpaired) electrons. The molecule has 1 heterocycles. The molecule has 0 spiro atoms. The molecular weight excluding hydrogens is 279 g/mol. The Morgan fingerprint density at radius 1 is 1.14 bits per heavy atom. The molecule has 0 saturated carbocycles. The molecule has 21 heavy (non-hydrogen) atoms. The zero-order valence-electron chi connectivity index (χ0n) is 11.9. The van der Waals surface area contributed by atoms with Gasteiger partial charge in [-0.25, -0.2) is 0 Å². The largest absolute Gasteiger partial charge is 0.417 e. The lowest BCUT2D eigenvalue weighted by Crippen LogP contribution is -2.54. The van der Waals surface area contributed by atoms with Gasteiger partial charge in [-0.05, 0) is 43.2 Å². The third-order valence-electron chi connectivity index (χ3n) is 4.93. The van der Waals surface area contributed by atoms with Crippen LogP contribution in [0.1, 0.15) is 42.9 Å². The van der Waals surface area contributed by atoms with Crippen molar-refractivity contribution in [2.75, 3.05) is 13.1 Å². The quantitative estimate of drug-likeness (QED) is 0.858. The number of hydrogen-bond acceptors (Lipinski definition) is 2. The molecular formula is C16H20F3NO. The first-order valence-corrected chi connectivity index (χ1v) is 7.52. The second kappa shape index (κ2) is 5.29. The summed E-state index contributed by atoms with van der Waals surface area (Å²) in [6.07, 6.45) is -1.87. The van der Waals surface area contributed by atoms with Gasteiger partial charge < -0.3 is 5.11 Å². The van der Waals surface area contributed by atoms with Crippen LogP contribution < -0.4 is 0 Å². The van der Waals surface area contributed by atoms with Crippen molar-refractivity contribution in [3.63, 3.8) is 0 Å². The number of likely N-dealkylation sites (tertiary alicyclic amines) is 1. The first-order valence-electron chi connectivity index (χ1n) is 7.52. The summed E-state index contributed by atoms with van der Waals surface area (Å²) < 4.78 is 38.6. The van der Waals surface area contributed by atoms with E-state index >= 15 is 0 Å². The number of aryl methyl sites for hydroxylation is 1. The van der Waals surface area contributed by atoms with Crippen molar-refractivity contribution >= 4 is 0 Å². The topological polar surface area (TPSA) is 23.5 Å². The number of piperidine rings is 1. The molecule has 1 aromatic rings. The van der Waals surface area contributed by atoms with Gasteiger partial charge in [-0.3, -0.25) is 4.90 Å². The Hall–Kier alpha value is -1.07. The molecule has 116 valence electrons. The van der Waals surface area contributed by atoms with E-state index in [-0.39, 0.29) is 18.9 Å². The normalized spacial score (nSPS) is 26.4. The number of fused-ring (bicyclic) bond motifs is 1. The average molecular weight is 299 g/mol. The number of nitrogens with zero attached hydrogens (tertiary/aromatic N) is 1. The summed E-state index contributed by atoms with van der Waals surface area (Å²) in [6.45, 7) is 0.601. The van der Waals surface area contributed by atoms with Gasteiger partial charge in [0.05, 0.1) is 0 Å². The van der Waals surface area contributed by atoms with Crippen molar-refractivity contribution in [1.29, 1.82) is 0 Å². The molecule has 1 aliphatic carbocycles. The van der Waals surface area contributed by atoms with Gasteiger partial charge in [0.1, 0.15) is 0 Å². The monoisotopic (exact) mass is 299 g/mol. The Labute approximate surface area is 122 Å². The highest BCUT2D eigenvalue weighted by Gasteiger charge is 2.55. The van der Waals surface area contributed by atoms with Gasteiger partial charge in [0.15, 0.2) is 5.60 Å². The van der Waals surface area contributed by atoms with E-state index in [0.29, 0.717) is 13.1 Å². The van der Waals surface area contributed by atoms with Gasteiger partial charge in [-0.15, -0.1) is 0 Å². The zero-order valence-corrected chi connectivity index (χ0v) is 11.9. The summed E-state index contributed by atoms with van der Waals surface area (Å²) in [4.78, 5) is 2.11. The van der Waals surface area contributed by atoms with Crippen molar-refractivity contribution in [2.24, 2.45) is 0 Å². The van der Waals surface area contributed by atoms with Gasteiger partial charge in [0.25, 0.3) is 0 Å². The van der Waals surface area contributed by atoms with E-state index in [1.165, 1.54) is 11.1 Å². The van der Waals surface area contributed by atoms with Crippen molar-refractivity contribution in [1.82, 2.24) is 4.90 Å². The second-order valence-corrected chi connectivity index (χ2v) is 6.17. The minimum Gasteiger partial charge on any atom is -0.380 e. The van der Waals surface area contributed by atoms with Crippen LogP contribution in [-0.2, 0) is 6.42 Å². The average Bonchev–Trinajstić information content (AvgIpc) is 2.46. The molecule has 2 aliphatic rings. The van der Waals surface area contributed by atoms with Crippen LogP contribution in [0.3, 0.4) is 0 Å². The lowest BCUT2D eigenvalue weighted by Gasteiger charge is -2.43. The maximum atomic E-state index is 12.9. The number of halogens is 3. The van der Waals surface area contributed by atoms with Crippen LogP contribution in [0.5, 0.6) is 0 Å². The van der Waals surface area contributed by atoms with E-state index < -0.39 is 11.8 Å². The van der Waals surface area contributed by atoms with Gasteiger partial charge in [-0.1, -0.05) is 24.3 Å². The Kier molecular flexibility index (Phi) is 3.74. The number of alkyl halides is 3. The van der Waals surface area contributed by atoms with Crippen LogP contribution in [0.25, 0.3) is 0 Å². The summed E-state index contributed by atoms with van der Waals surface area (Å²) >= 11 is 0. The van der Waals surface area contributed by atoms with Gasteiger partial charge in [0, 0.05) is 19.1 Å². The lowest BCUT2D eigenvalue weighted by atomic mass is 9.84. The highest BCUT2D eigenvalue weighted by molar-refractivity contribution is 5.32. The van der Waals surface area contributed by atoms with E-state index in [2.05, 4.69) is 17.0 Å². The predicted octanol–water partition coefficient (Wildman–Crippen LogP) is 3.45. The standard InChI is InChI=1S/C16H20F3NO/c17-16(18,19)15(21)8-10-20(11-9-15)14-7-3-5-12-4-1-2-6-13(12)14/h1-2,4,6,14,21H,3,5,7-11H2. The van der Waals surface area contributed by atoms with Gasteiger partial charge >= 0.3 is 6.18 Å². The summed E-state index contributed by atoms with van der Waals surface area (Å²) in [7, 11) is 0. The summed E-state index contributed by atoms with van der Waals surface area (Å²) in [5, 5.41) is 9.77. The highest BCUT2D eigenvalue weighted by Crippen LogP contribution is 2.42. The molecule has 5 heteroatoms. The predicted molar refractivity (Wildman–Crippen MR) is 73.9 cm³/mol. The fraction of sp³-hybridized carbons (Fsp3) is 0.625. The van der Waals surface area contributed by atoms with Crippen molar-refractivity contribution in [2.45, 2.75) is 49.9 Å².